The molecule has 6 nitrogen and oxygen atoms in total. The van der Waals surface area contributed by atoms with Crippen LogP contribution in [0.25, 0.3) is 10.9 Å². The first-order valence-corrected chi connectivity index (χ1v) is 8.41. The Balaban J connectivity index is 0.00000312. The summed E-state index contributed by atoms with van der Waals surface area (Å²) in [4.78, 5) is 9.82. The zero-order chi connectivity index (χ0) is 17.2. The third kappa shape index (κ3) is 7.21. The highest BCUT2D eigenvalue weighted by Gasteiger charge is 2.04. The zero-order valence-corrected chi connectivity index (χ0v) is 17.7. The summed E-state index contributed by atoms with van der Waals surface area (Å²) in [7, 11) is 5.62. The Kier molecular flexibility index (Phi) is 10.5. The van der Waals surface area contributed by atoms with Crippen molar-refractivity contribution in [2.45, 2.75) is 6.42 Å². The van der Waals surface area contributed by atoms with Crippen molar-refractivity contribution in [2.24, 2.45) is 4.99 Å². The van der Waals surface area contributed by atoms with Crippen LogP contribution in [0.1, 0.15) is 5.56 Å². The number of benzene rings is 1. The minimum atomic E-state index is 0. The molecule has 25 heavy (non-hydrogen) atoms. The smallest absolute Gasteiger partial charge is 0.191 e. The van der Waals surface area contributed by atoms with Gasteiger partial charge in [-0.05, 0) is 25.1 Å². The molecule has 0 saturated heterocycles. The number of para-hydroxylation sites is 1. The van der Waals surface area contributed by atoms with Crippen LogP contribution in [0.2, 0.25) is 0 Å². The number of aromatic amines is 1. The fraction of sp³-hybridized carbons (Fsp3) is 0.500. The van der Waals surface area contributed by atoms with Crippen LogP contribution in [0.5, 0.6) is 0 Å². The second-order valence-corrected chi connectivity index (χ2v) is 5.83. The Morgan fingerprint density at radius 2 is 1.96 bits per heavy atom. The van der Waals surface area contributed by atoms with Crippen LogP contribution < -0.4 is 10.6 Å². The average Bonchev–Trinajstić information content (AvgIpc) is 3.02. The lowest BCUT2D eigenvalue weighted by Crippen LogP contribution is -2.42. The summed E-state index contributed by atoms with van der Waals surface area (Å²) in [5.74, 6) is 0.843. The number of rotatable bonds is 9. The molecule has 7 heteroatoms. The van der Waals surface area contributed by atoms with Crippen LogP contribution in [0.4, 0.5) is 0 Å². The molecule has 1 aromatic heterocycles. The van der Waals surface area contributed by atoms with Gasteiger partial charge < -0.3 is 25.3 Å². The van der Waals surface area contributed by atoms with Crippen LogP contribution in [-0.2, 0) is 11.2 Å². The second-order valence-electron chi connectivity index (χ2n) is 5.83. The van der Waals surface area contributed by atoms with Crippen molar-refractivity contribution in [3.8, 4) is 0 Å². The molecule has 3 N–H and O–H groups in total. The van der Waals surface area contributed by atoms with Gasteiger partial charge in [0.1, 0.15) is 0 Å². The van der Waals surface area contributed by atoms with Crippen molar-refractivity contribution in [2.75, 3.05) is 54.0 Å². The molecule has 0 aliphatic heterocycles. The van der Waals surface area contributed by atoms with E-state index in [4.69, 9.17) is 4.74 Å². The van der Waals surface area contributed by atoms with E-state index < -0.39 is 0 Å². The summed E-state index contributed by atoms with van der Waals surface area (Å²) in [5, 5.41) is 8.01. The Labute approximate surface area is 167 Å². The van der Waals surface area contributed by atoms with Gasteiger partial charge in [-0.1, -0.05) is 18.2 Å². The number of aromatic nitrogens is 1. The summed E-state index contributed by atoms with van der Waals surface area (Å²) >= 11 is 0. The van der Waals surface area contributed by atoms with Crippen LogP contribution in [0.3, 0.4) is 0 Å². The molecular formula is C18H30IN5O. The number of H-pyrrole nitrogens is 1. The number of hydrogen-bond acceptors (Lipinski definition) is 3. The van der Waals surface area contributed by atoms with Crippen molar-refractivity contribution in [3.05, 3.63) is 36.0 Å². The van der Waals surface area contributed by atoms with Gasteiger partial charge in [0.05, 0.1) is 6.61 Å². The predicted molar refractivity (Wildman–Crippen MR) is 116 cm³/mol. The standard InChI is InChI=1S/C18H29N5O.HI/c1-19-18(21-10-11-23(2)12-13-24-3)20-9-8-15-14-22-17-7-5-4-6-16(15)17;/h4-7,14,22H,8-13H2,1-3H3,(H2,19,20,21);1H. The van der Waals surface area contributed by atoms with Crippen LogP contribution in [-0.4, -0.2) is 69.8 Å². The molecule has 0 bridgehead atoms. The van der Waals surface area contributed by atoms with E-state index >= 15 is 0 Å². The van der Waals surface area contributed by atoms with E-state index in [-0.39, 0.29) is 24.0 Å². The molecular weight excluding hydrogens is 429 g/mol. The van der Waals surface area contributed by atoms with E-state index in [1.807, 2.05) is 0 Å². The van der Waals surface area contributed by atoms with E-state index in [0.29, 0.717) is 0 Å². The van der Waals surface area contributed by atoms with Gasteiger partial charge in [-0.15, -0.1) is 24.0 Å². The van der Waals surface area contributed by atoms with Gasteiger partial charge in [-0.3, -0.25) is 4.99 Å². The monoisotopic (exact) mass is 459 g/mol. The molecule has 0 amide bonds. The number of aliphatic imine (C=N–C) groups is 1. The number of nitrogens with one attached hydrogen (secondary N) is 3. The molecule has 0 unspecified atom stereocenters. The normalized spacial score (nSPS) is 11.6. The number of hydrogen-bond donors (Lipinski definition) is 3. The lowest BCUT2D eigenvalue weighted by atomic mass is 10.1. The molecule has 0 aliphatic rings. The number of likely N-dealkylation sites (N-methyl/N-ethyl adjacent to an activating group) is 1. The molecule has 2 aromatic rings. The second kappa shape index (κ2) is 12.1. The quantitative estimate of drug-likeness (QED) is 0.305. The first-order chi connectivity index (χ1) is 11.7. The Morgan fingerprint density at radius 1 is 1.20 bits per heavy atom. The fourth-order valence-electron chi connectivity index (χ4n) is 2.60. The minimum absolute atomic E-state index is 0. The Hall–Kier alpha value is -1.32. The maximum atomic E-state index is 5.08. The zero-order valence-electron chi connectivity index (χ0n) is 15.3. The summed E-state index contributed by atoms with van der Waals surface area (Å²) in [6, 6.07) is 8.39. The van der Waals surface area contributed by atoms with E-state index in [2.05, 4.69) is 63.0 Å². The molecule has 0 aliphatic carbocycles. The molecule has 0 fully saturated rings. The summed E-state index contributed by atoms with van der Waals surface area (Å²) < 4.78 is 5.08. The highest BCUT2D eigenvalue weighted by Crippen LogP contribution is 2.17. The summed E-state index contributed by atoms with van der Waals surface area (Å²) in [5.41, 5.74) is 2.52. The van der Waals surface area contributed by atoms with Crippen LogP contribution in [0, 0.1) is 0 Å². The van der Waals surface area contributed by atoms with Crippen LogP contribution in [0.15, 0.2) is 35.5 Å². The molecule has 1 aromatic carbocycles. The number of halogens is 1. The molecule has 2 rings (SSSR count). The van der Waals surface area contributed by atoms with Crippen molar-refractivity contribution in [1.82, 2.24) is 20.5 Å². The highest BCUT2D eigenvalue weighted by molar-refractivity contribution is 14.0. The fourth-order valence-corrected chi connectivity index (χ4v) is 2.60. The van der Waals surface area contributed by atoms with E-state index in [0.717, 1.165) is 45.2 Å². The largest absolute Gasteiger partial charge is 0.383 e. The minimum Gasteiger partial charge on any atom is -0.383 e. The summed E-state index contributed by atoms with van der Waals surface area (Å²) in [6.45, 7) is 4.35. The maximum absolute atomic E-state index is 5.08. The topological polar surface area (TPSA) is 64.7 Å². The van der Waals surface area contributed by atoms with Gasteiger partial charge in [0.2, 0.25) is 0 Å². The molecule has 0 spiro atoms. The van der Waals surface area contributed by atoms with E-state index in [1.165, 1.54) is 16.5 Å². The van der Waals surface area contributed by atoms with Crippen molar-refractivity contribution in [1.29, 1.82) is 0 Å². The number of ether oxygens (including phenoxy) is 1. The lowest BCUT2D eigenvalue weighted by molar-refractivity contribution is 0.162. The van der Waals surface area contributed by atoms with Crippen molar-refractivity contribution in [3.63, 3.8) is 0 Å². The first kappa shape index (κ1) is 21.7. The molecule has 1 heterocycles. The van der Waals surface area contributed by atoms with Gasteiger partial charge in [0, 0.05) is 57.4 Å². The van der Waals surface area contributed by atoms with Crippen molar-refractivity contribution >= 4 is 40.8 Å². The van der Waals surface area contributed by atoms with Gasteiger partial charge >= 0.3 is 0 Å². The maximum Gasteiger partial charge on any atom is 0.191 e. The molecule has 0 atom stereocenters. The molecule has 0 radical (unpaired) electrons. The van der Waals surface area contributed by atoms with Crippen LogP contribution >= 0.6 is 24.0 Å². The number of guanidine groups is 1. The van der Waals surface area contributed by atoms with Gasteiger partial charge in [0.25, 0.3) is 0 Å². The summed E-state index contributed by atoms with van der Waals surface area (Å²) in [6.07, 6.45) is 3.05. The Bertz CT molecular complexity index is 643. The van der Waals surface area contributed by atoms with Gasteiger partial charge in [-0.2, -0.15) is 0 Å². The highest BCUT2D eigenvalue weighted by atomic mass is 127. The third-order valence-electron chi connectivity index (χ3n) is 4.05. The number of fused-ring (bicyclic) bond motifs is 1. The van der Waals surface area contributed by atoms with Crippen molar-refractivity contribution < 1.29 is 4.74 Å². The van der Waals surface area contributed by atoms with E-state index in [1.54, 1.807) is 14.2 Å². The first-order valence-electron chi connectivity index (χ1n) is 8.41. The van der Waals surface area contributed by atoms with Gasteiger partial charge in [-0.25, -0.2) is 0 Å². The predicted octanol–water partition coefficient (Wildman–Crippen LogP) is 2.07. The SMILES string of the molecule is CN=C(NCCc1c[nH]c2ccccc12)NCCN(C)CCOC.I. The molecule has 0 saturated carbocycles. The number of nitrogens with zero attached hydrogens (tertiary/aromatic N) is 2. The average molecular weight is 459 g/mol. The third-order valence-corrected chi connectivity index (χ3v) is 4.05. The Morgan fingerprint density at radius 3 is 2.72 bits per heavy atom. The van der Waals surface area contributed by atoms with Gasteiger partial charge in [0.15, 0.2) is 5.96 Å². The lowest BCUT2D eigenvalue weighted by Gasteiger charge is -2.17. The molecule has 140 valence electrons. The van der Waals surface area contributed by atoms with E-state index in [9.17, 15) is 0 Å². The number of methoxy groups -OCH3 is 1.